The third kappa shape index (κ3) is 5.55. The second-order valence-corrected chi connectivity index (χ2v) is 9.15. The molecule has 192 valence electrons. The van der Waals surface area contributed by atoms with E-state index in [2.05, 4.69) is 0 Å². The van der Waals surface area contributed by atoms with E-state index in [1.807, 2.05) is 30.3 Å². The Morgan fingerprint density at radius 3 is 2.46 bits per heavy atom. The van der Waals surface area contributed by atoms with Gasteiger partial charge in [0.1, 0.15) is 6.54 Å². The van der Waals surface area contributed by atoms with Crippen LogP contribution in [-0.4, -0.2) is 47.5 Å². The number of aryl methyl sites for hydroxylation is 1. The average Bonchev–Trinajstić information content (AvgIpc) is 3.37. The van der Waals surface area contributed by atoms with Crippen molar-refractivity contribution in [2.24, 2.45) is 0 Å². The fourth-order valence-corrected chi connectivity index (χ4v) is 4.73. The summed E-state index contributed by atoms with van der Waals surface area (Å²) in [4.78, 5) is 29.7. The zero-order valence-electron chi connectivity index (χ0n) is 19.9. The smallest absolute Gasteiger partial charge is 0.416 e. The zero-order chi connectivity index (χ0) is 26.0. The number of carbonyl (C=O) groups is 2. The van der Waals surface area contributed by atoms with Gasteiger partial charge < -0.3 is 19.3 Å². The molecule has 0 unspecified atom stereocenters. The van der Waals surface area contributed by atoms with Gasteiger partial charge in [-0.2, -0.15) is 13.2 Å². The highest BCUT2D eigenvalue weighted by atomic mass is 19.4. The summed E-state index contributed by atoms with van der Waals surface area (Å²) in [7, 11) is 0. The van der Waals surface area contributed by atoms with E-state index < -0.39 is 11.7 Å². The van der Waals surface area contributed by atoms with Gasteiger partial charge in [-0.25, -0.2) is 0 Å². The second-order valence-electron chi connectivity index (χ2n) is 9.15. The van der Waals surface area contributed by atoms with Crippen LogP contribution in [0.1, 0.15) is 33.5 Å². The fraction of sp³-hybridized carbons (Fsp3) is 0.286. The van der Waals surface area contributed by atoms with Crippen LogP contribution in [0, 0.1) is 0 Å². The van der Waals surface area contributed by atoms with E-state index in [9.17, 15) is 22.8 Å². The Labute approximate surface area is 212 Å². The van der Waals surface area contributed by atoms with Crippen molar-refractivity contribution < 1.29 is 32.2 Å². The minimum absolute atomic E-state index is 0.0360. The molecular weight excluding hydrogens is 485 g/mol. The number of rotatable bonds is 6. The van der Waals surface area contributed by atoms with Crippen LogP contribution in [0.3, 0.4) is 0 Å². The van der Waals surface area contributed by atoms with Gasteiger partial charge in [-0.15, -0.1) is 0 Å². The van der Waals surface area contributed by atoms with Crippen molar-refractivity contribution in [2.45, 2.75) is 31.6 Å². The molecule has 1 saturated heterocycles. The molecule has 1 atom stereocenters. The summed E-state index contributed by atoms with van der Waals surface area (Å²) in [6, 6.07) is 19.3. The number of hydrogen-bond acceptors (Lipinski definition) is 4. The average molecular weight is 511 g/mol. The predicted octanol–water partition coefficient (Wildman–Crippen LogP) is 4.92. The summed E-state index contributed by atoms with van der Waals surface area (Å²) in [5.74, 6) is 0.408. The fourth-order valence-electron chi connectivity index (χ4n) is 4.73. The monoisotopic (exact) mass is 510 g/mol. The minimum atomic E-state index is -4.47. The number of nitrogens with zero attached hydrogens (tertiary/aromatic N) is 2. The lowest BCUT2D eigenvalue weighted by Crippen LogP contribution is -2.57. The third-order valence-electron chi connectivity index (χ3n) is 6.64. The van der Waals surface area contributed by atoms with E-state index in [1.54, 1.807) is 29.2 Å². The molecular formula is C28H25F3N2O4. The van der Waals surface area contributed by atoms with Crippen LogP contribution in [-0.2, 0) is 23.9 Å². The van der Waals surface area contributed by atoms with Crippen LogP contribution in [0.5, 0.6) is 11.5 Å². The predicted molar refractivity (Wildman–Crippen MR) is 129 cm³/mol. The molecule has 37 heavy (non-hydrogen) atoms. The van der Waals surface area contributed by atoms with Gasteiger partial charge in [0.25, 0.3) is 5.91 Å². The van der Waals surface area contributed by atoms with Crippen molar-refractivity contribution >= 4 is 11.8 Å². The number of fused-ring (bicyclic) bond motifs is 1. The van der Waals surface area contributed by atoms with Crippen molar-refractivity contribution in [1.82, 2.24) is 9.80 Å². The summed E-state index contributed by atoms with van der Waals surface area (Å²) in [5.41, 5.74) is 1.09. The maximum Gasteiger partial charge on any atom is 0.416 e. The van der Waals surface area contributed by atoms with E-state index in [-0.39, 0.29) is 44.3 Å². The van der Waals surface area contributed by atoms with Gasteiger partial charge in [-0.1, -0.05) is 42.5 Å². The molecule has 2 aliphatic rings. The van der Waals surface area contributed by atoms with Crippen molar-refractivity contribution in [2.75, 3.05) is 19.9 Å². The first kappa shape index (κ1) is 24.7. The highest BCUT2D eigenvalue weighted by Crippen LogP contribution is 2.33. The largest absolute Gasteiger partial charge is 0.454 e. The van der Waals surface area contributed by atoms with Gasteiger partial charge in [0.15, 0.2) is 11.5 Å². The molecule has 2 aliphatic heterocycles. The first-order valence-electron chi connectivity index (χ1n) is 12.0. The van der Waals surface area contributed by atoms with Crippen molar-refractivity contribution in [1.29, 1.82) is 0 Å². The van der Waals surface area contributed by atoms with Gasteiger partial charge in [0.05, 0.1) is 11.6 Å². The number of benzene rings is 3. The van der Waals surface area contributed by atoms with Crippen LogP contribution in [0.25, 0.3) is 0 Å². The lowest BCUT2D eigenvalue weighted by molar-refractivity contribution is -0.139. The van der Waals surface area contributed by atoms with Gasteiger partial charge in [0, 0.05) is 18.7 Å². The molecule has 3 aromatic rings. The van der Waals surface area contributed by atoms with E-state index >= 15 is 0 Å². The summed E-state index contributed by atoms with van der Waals surface area (Å²) < 4.78 is 50.4. The molecule has 2 heterocycles. The molecule has 0 aliphatic carbocycles. The van der Waals surface area contributed by atoms with E-state index in [4.69, 9.17) is 9.47 Å². The van der Waals surface area contributed by atoms with E-state index in [0.717, 1.165) is 17.7 Å². The van der Waals surface area contributed by atoms with Gasteiger partial charge >= 0.3 is 6.18 Å². The Morgan fingerprint density at radius 2 is 1.68 bits per heavy atom. The quantitative estimate of drug-likeness (QED) is 0.473. The molecule has 2 amide bonds. The number of ether oxygens (including phenoxy) is 2. The molecule has 0 N–H and O–H groups in total. The number of carbonyl (C=O) groups excluding carboxylic acids is 2. The van der Waals surface area contributed by atoms with Crippen LogP contribution < -0.4 is 9.47 Å². The molecule has 5 rings (SSSR count). The Balaban J connectivity index is 1.37. The molecule has 0 bridgehead atoms. The summed E-state index contributed by atoms with van der Waals surface area (Å²) in [6.45, 7) is 0.231. The topological polar surface area (TPSA) is 59.1 Å². The van der Waals surface area contributed by atoms with Gasteiger partial charge in [0.2, 0.25) is 12.7 Å². The molecule has 0 spiro atoms. The van der Waals surface area contributed by atoms with Gasteiger partial charge in [-0.3, -0.25) is 9.59 Å². The molecule has 6 nitrogen and oxygen atoms in total. The number of halogens is 3. The minimum Gasteiger partial charge on any atom is -0.454 e. The zero-order valence-corrected chi connectivity index (χ0v) is 19.9. The molecule has 1 fully saturated rings. The molecule has 0 aromatic heterocycles. The Bertz CT molecular complexity index is 1300. The van der Waals surface area contributed by atoms with E-state index in [1.165, 1.54) is 11.0 Å². The lowest BCUT2D eigenvalue weighted by atomic mass is 9.99. The summed E-state index contributed by atoms with van der Waals surface area (Å²) in [6.07, 6.45) is -3.26. The van der Waals surface area contributed by atoms with Crippen LogP contribution >= 0.6 is 0 Å². The maximum absolute atomic E-state index is 13.3. The number of alkyl halides is 3. The number of amides is 2. The highest BCUT2D eigenvalue weighted by molar-refractivity contribution is 5.97. The summed E-state index contributed by atoms with van der Waals surface area (Å²) >= 11 is 0. The Morgan fingerprint density at radius 1 is 0.919 bits per heavy atom. The van der Waals surface area contributed by atoms with Crippen molar-refractivity contribution in [3.05, 3.63) is 95.1 Å². The van der Waals surface area contributed by atoms with Crippen molar-refractivity contribution in [3.8, 4) is 11.5 Å². The lowest BCUT2D eigenvalue weighted by Gasteiger charge is -2.41. The van der Waals surface area contributed by atoms with Crippen molar-refractivity contribution in [3.63, 3.8) is 0 Å². The van der Waals surface area contributed by atoms with Crippen LogP contribution in [0.4, 0.5) is 13.2 Å². The van der Waals surface area contributed by atoms with Gasteiger partial charge in [-0.05, 0) is 54.3 Å². The maximum atomic E-state index is 13.3. The molecule has 0 radical (unpaired) electrons. The Hall–Kier alpha value is -4.01. The molecule has 9 heteroatoms. The number of piperazine rings is 1. The number of hydrogen-bond donors (Lipinski definition) is 0. The van der Waals surface area contributed by atoms with Crippen LogP contribution in [0.2, 0.25) is 0 Å². The summed E-state index contributed by atoms with van der Waals surface area (Å²) in [5, 5.41) is 0. The first-order valence-corrected chi connectivity index (χ1v) is 12.0. The standard InChI is InChI=1S/C28H25F3N2O4/c29-28(30,31)22-8-4-7-20(13-22)15-33-23(11-9-19-5-2-1-3-6-19)16-32(17-26(33)34)27(35)21-10-12-24-25(14-21)37-18-36-24/h1-8,10,12-14,23H,9,11,15-18H2/t23-/m0/s1. The first-order chi connectivity index (χ1) is 17.8. The highest BCUT2D eigenvalue weighted by Gasteiger charge is 2.36. The Kier molecular flexibility index (Phi) is 6.78. The second kappa shape index (κ2) is 10.2. The molecule has 3 aromatic carbocycles. The van der Waals surface area contributed by atoms with E-state index in [0.29, 0.717) is 35.5 Å². The third-order valence-corrected chi connectivity index (χ3v) is 6.64. The SMILES string of the molecule is O=C(c1ccc2c(c1)OCO2)N1CC(=O)N(Cc2cccc(C(F)(F)F)c2)[C@@H](CCc2ccccc2)C1. The molecule has 0 saturated carbocycles. The normalized spacial score (nSPS) is 17.3. The van der Waals surface area contributed by atoms with Crippen LogP contribution in [0.15, 0.2) is 72.8 Å².